The molecular weight excluding hydrogens is 247 g/mol. The topological polar surface area (TPSA) is 38.3 Å². The highest BCUT2D eigenvalue weighted by atomic mass is 19.4. The van der Waals surface area contributed by atoms with E-state index < -0.39 is 17.7 Å². The lowest BCUT2D eigenvalue weighted by atomic mass is 9.96. The molecule has 0 aromatic rings. The molecule has 1 saturated carbocycles. The molecule has 0 aliphatic heterocycles. The zero-order valence-electron chi connectivity index (χ0n) is 10.3. The number of alkyl halides is 3. The van der Waals surface area contributed by atoms with E-state index in [9.17, 15) is 18.0 Å². The molecule has 0 atom stereocenters. The van der Waals surface area contributed by atoms with Gasteiger partial charge in [0.2, 0.25) is 0 Å². The molecule has 0 aromatic heterocycles. The van der Waals surface area contributed by atoms with Crippen molar-refractivity contribution in [2.75, 3.05) is 6.61 Å². The first kappa shape index (κ1) is 14.9. The molecule has 0 aromatic carbocycles. The van der Waals surface area contributed by atoms with Crippen molar-refractivity contribution in [3.05, 3.63) is 11.8 Å². The molecule has 0 saturated heterocycles. The first-order valence-corrected chi connectivity index (χ1v) is 6.15. The van der Waals surface area contributed by atoms with Crippen LogP contribution < -0.4 is 5.32 Å². The van der Waals surface area contributed by atoms with E-state index in [-0.39, 0.29) is 12.6 Å². The van der Waals surface area contributed by atoms with Crippen LogP contribution in [-0.4, -0.2) is 24.8 Å². The lowest BCUT2D eigenvalue weighted by Crippen LogP contribution is -2.30. The lowest BCUT2D eigenvalue weighted by molar-refractivity contribution is -0.150. The molecule has 0 amide bonds. The Morgan fingerprint density at radius 3 is 2.44 bits per heavy atom. The number of rotatable bonds is 4. The van der Waals surface area contributed by atoms with Crippen LogP contribution in [-0.2, 0) is 9.53 Å². The minimum atomic E-state index is -4.69. The summed E-state index contributed by atoms with van der Waals surface area (Å²) in [6.07, 6.45) is 0.876. The Bertz CT molecular complexity index is 307. The van der Waals surface area contributed by atoms with E-state index in [1.165, 1.54) is 6.92 Å². The first-order valence-electron chi connectivity index (χ1n) is 6.15. The maximum atomic E-state index is 12.6. The Hall–Kier alpha value is -1.20. The molecule has 6 heteroatoms. The van der Waals surface area contributed by atoms with Gasteiger partial charge in [-0.25, -0.2) is 4.79 Å². The molecule has 1 aliphatic carbocycles. The van der Waals surface area contributed by atoms with Crippen molar-refractivity contribution in [1.29, 1.82) is 0 Å². The number of carbonyl (C=O) groups excluding carboxylic acids is 1. The van der Waals surface area contributed by atoms with Gasteiger partial charge >= 0.3 is 12.1 Å². The van der Waals surface area contributed by atoms with E-state index in [1.54, 1.807) is 0 Å². The predicted molar refractivity (Wildman–Crippen MR) is 60.8 cm³/mol. The number of halogens is 3. The van der Waals surface area contributed by atoms with Gasteiger partial charge in [0, 0.05) is 12.2 Å². The normalized spacial score (nSPS) is 18.6. The Kier molecular flexibility index (Phi) is 5.50. The third kappa shape index (κ3) is 4.58. The Balaban J connectivity index is 2.66. The molecule has 1 N–H and O–H groups in total. The van der Waals surface area contributed by atoms with Crippen molar-refractivity contribution in [1.82, 2.24) is 5.32 Å². The third-order valence-electron chi connectivity index (χ3n) is 2.87. The summed E-state index contributed by atoms with van der Waals surface area (Å²) in [5, 5.41) is 2.68. The highest BCUT2D eigenvalue weighted by Gasteiger charge is 2.40. The third-order valence-corrected chi connectivity index (χ3v) is 2.87. The van der Waals surface area contributed by atoms with Crippen LogP contribution in [0.5, 0.6) is 0 Å². The predicted octanol–water partition coefficient (Wildman–Crippen LogP) is 2.92. The number of carbonyl (C=O) groups is 1. The van der Waals surface area contributed by atoms with Crippen LogP contribution in [0.3, 0.4) is 0 Å². The zero-order valence-corrected chi connectivity index (χ0v) is 10.3. The Labute approximate surface area is 104 Å². The summed E-state index contributed by atoms with van der Waals surface area (Å²) in [5.41, 5.74) is -1.27. The molecular formula is C12H18F3NO2. The van der Waals surface area contributed by atoms with Gasteiger partial charge in [-0.2, -0.15) is 13.2 Å². The van der Waals surface area contributed by atoms with Crippen molar-refractivity contribution < 1.29 is 22.7 Å². The highest BCUT2D eigenvalue weighted by molar-refractivity contribution is 5.89. The van der Waals surface area contributed by atoms with Crippen LogP contribution in [0.2, 0.25) is 0 Å². The molecule has 0 bridgehead atoms. The fraction of sp³-hybridized carbons (Fsp3) is 0.750. The van der Waals surface area contributed by atoms with Crippen molar-refractivity contribution >= 4 is 5.97 Å². The summed E-state index contributed by atoms with van der Waals surface area (Å²) < 4.78 is 42.3. The zero-order chi connectivity index (χ0) is 13.6. The second-order valence-corrected chi connectivity index (χ2v) is 4.28. The lowest BCUT2D eigenvalue weighted by Gasteiger charge is -2.22. The maximum absolute atomic E-state index is 12.6. The molecule has 104 valence electrons. The first-order chi connectivity index (χ1) is 8.45. The van der Waals surface area contributed by atoms with Crippen LogP contribution >= 0.6 is 0 Å². The quantitative estimate of drug-likeness (QED) is 0.627. The van der Waals surface area contributed by atoms with Crippen molar-refractivity contribution in [3.8, 4) is 0 Å². The summed E-state index contributed by atoms with van der Waals surface area (Å²) in [5.74, 6) is -1.33. The van der Waals surface area contributed by atoms with Gasteiger partial charge < -0.3 is 10.1 Å². The molecule has 3 nitrogen and oxygen atoms in total. The van der Waals surface area contributed by atoms with Gasteiger partial charge in [0.25, 0.3) is 0 Å². The van der Waals surface area contributed by atoms with Gasteiger partial charge in [-0.15, -0.1) is 0 Å². The second kappa shape index (κ2) is 6.66. The molecule has 0 unspecified atom stereocenters. The van der Waals surface area contributed by atoms with Gasteiger partial charge in [0.15, 0.2) is 5.57 Å². The van der Waals surface area contributed by atoms with Crippen LogP contribution in [0.4, 0.5) is 13.2 Å². The number of hydrogen-bond donors (Lipinski definition) is 1. The SMILES string of the molecule is CCOC(=O)/C(=C\NC1CCCCC1)C(F)(F)F. The van der Waals surface area contributed by atoms with E-state index >= 15 is 0 Å². The molecule has 0 radical (unpaired) electrons. The highest BCUT2D eigenvalue weighted by Crippen LogP contribution is 2.26. The Morgan fingerprint density at radius 1 is 1.33 bits per heavy atom. The molecule has 0 heterocycles. The van der Waals surface area contributed by atoms with Crippen molar-refractivity contribution in [2.24, 2.45) is 0 Å². The fourth-order valence-corrected chi connectivity index (χ4v) is 1.94. The summed E-state index contributed by atoms with van der Waals surface area (Å²) >= 11 is 0. The summed E-state index contributed by atoms with van der Waals surface area (Å²) in [6.45, 7) is 1.40. The van der Waals surface area contributed by atoms with Gasteiger partial charge in [0.1, 0.15) is 0 Å². The molecule has 1 rings (SSSR count). The smallest absolute Gasteiger partial charge is 0.424 e. The second-order valence-electron chi connectivity index (χ2n) is 4.28. The molecule has 18 heavy (non-hydrogen) atoms. The van der Waals surface area contributed by atoms with E-state index in [0.29, 0.717) is 0 Å². The van der Waals surface area contributed by atoms with Crippen molar-refractivity contribution in [2.45, 2.75) is 51.2 Å². The number of esters is 1. The van der Waals surface area contributed by atoms with E-state index in [1.807, 2.05) is 0 Å². The molecule has 1 aliphatic rings. The van der Waals surface area contributed by atoms with E-state index in [2.05, 4.69) is 10.1 Å². The monoisotopic (exact) mass is 265 g/mol. The van der Waals surface area contributed by atoms with Gasteiger partial charge in [0.05, 0.1) is 6.61 Å². The summed E-state index contributed by atoms with van der Waals surface area (Å²) in [7, 11) is 0. The number of nitrogens with one attached hydrogen (secondary N) is 1. The van der Waals surface area contributed by atoms with Gasteiger partial charge in [-0.05, 0) is 19.8 Å². The van der Waals surface area contributed by atoms with Gasteiger partial charge in [-0.1, -0.05) is 19.3 Å². The van der Waals surface area contributed by atoms with Crippen LogP contribution in [0.1, 0.15) is 39.0 Å². The average molecular weight is 265 g/mol. The van der Waals surface area contributed by atoms with Crippen LogP contribution in [0.15, 0.2) is 11.8 Å². The van der Waals surface area contributed by atoms with Crippen molar-refractivity contribution in [3.63, 3.8) is 0 Å². The fourth-order valence-electron chi connectivity index (χ4n) is 1.94. The van der Waals surface area contributed by atoms with Crippen LogP contribution in [0.25, 0.3) is 0 Å². The largest absolute Gasteiger partial charge is 0.462 e. The minimum absolute atomic E-state index is 0.0190. The summed E-state index contributed by atoms with van der Waals surface area (Å²) in [6, 6.07) is 0.0190. The van der Waals surface area contributed by atoms with E-state index in [0.717, 1.165) is 38.3 Å². The Morgan fingerprint density at radius 2 is 1.94 bits per heavy atom. The van der Waals surface area contributed by atoms with E-state index in [4.69, 9.17) is 0 Å². The molecule has 1 fully saturated rings. The standard InChI is InChI=1S/C12H18F3NO2/c1-2-18-11(17)10(12(13,14)15)8-16-9-6-4-3-5-7-9/h8-9,16H,2-7H2,1H3/b10-8+. The minimum Gasteiger partial charge on any atom is -0.462 e. The number of hydrogen-bond acceptors (Lipinski definition) is 3. The maximum Gasteiger partial charge on any atom is 0.424 e. The number of ether oxygens (including phenoxy) is 1. The summed E-state index contributed by atoms with van der Waals surface area (Å²) in [4.78, 5) is 11.2. The average Bonchev–Trinajstić information content (AvgIpc) is 2.29. The van der Waals surface area contributed by atoms with Gasteiger partial charge in [-0.3, -0.25) is 0 Å². The van der Waals surface area contributed by atoms with Crippen LogP contribution in [0, 0.1) is 0 Å². The molecule has 0 spiro atoms.